The van der Waals surface area contributed by atoms with Gasteiger partial charge < -0.3 is 0 Å². The summed E-state index contributed by atoms with van der Waals surface area (Å²) in [7, 11) is -1.96. The number of hydrogen-bond acceptors (Lipinski definition) is 3. The molecular formula is C7H9N3O2S. The lowest BCUT2D eigenvalue weighted by molar-refractivity contribution is 0.567. The Bertz CT molecular complexity index is 427. The van der Waals surface area contributed by atoms with Crippen LogP contribution in [0.1, 0.15) is 0 Å². The fourth-order valence-corrected chi connectivity index (χ4v) is 1.89. The zero-order chi connectivity index (χ0) is 9.90. The summed E-state index contributed by atoms with van der Waals surface area (Å²) in [5, 5.41) is 3.84. The molecule has 1 heterocycles. The molecule has 0 aliphatic rings. The van der Waals surface area contributed by atoms with Crippen LogP contribution < -0.4 is 4.72 Å². The van der Waals surface area contributed by atoms with E-state index in [1.165, 1.54) is 16.9 Å². The minimum atomic E-state index is -3.50. The van der Waals surface area contributed by atoms with Crippen molar-refractivity contribution in [2.45, 2.75) is 5.03 Å². The van der Waals surface area contributed by atoms with E-state index in [4.69, 9.17) is 6.42 Å². The maximum absolute atomic E-state index is 11.4. The highest BCUT2D eigenvalue weighted by Crippen LogP contribution is 2.04. The highest BCUT2D eigenvalue weighted by atomic mass is 32.2. The van der Waals surface area contributed by atoms with E-state index in [2.05, 4.69) is 15.7 Å². The zero-order valence-corrected chi connectivity index (χ0v) is 7.87. The average Bonchev–Trinajstić information content (AvgIpc) is 2.48. The average molecular weight is 199 g/mol. The van der Waals surface area contributed by atoms with Crippen LogP contribution in [-0.4, -0.2) is 24.7 Å². The normalized spacial score (nSPS) is 11.1. The highest BCUT2D eigenvalue weighted by Gasteiger charge is 2.16. The summed E-state index contributed by atoms with van der Waals surface area (Å²) >= 11 is 0. The molecule has 0 saturated heterocycles. The molecule has 5 nitrogen and oxygen atoms in total. The number of rotatable bonds is 3. The Hall–Kier alpha value is -1.32. The second kappa shape index (κ2) is 3.60. The van der Waals surface area contributed by atoms with E-state index in [-0.39, 0.29) is 11.6 Å². The Labute approximate surface area is 76.8 Å². The first-order valence-corrected chi connectivity index (χ1v) is 4.97. The lowest BCUT2D eigenvalue weighted by Crippen LogP contribution is -2.25. The fraction of sp³-hybridized carbons (Fsp3) is 0.286. The maximum atomic E-state index is 11.4. The minimum Gasteiger partial charge on any atom is -0.256 e. The van der Waals surface area contributed by atoms with Gasteiger partial charge in [0.25, 0.3) is 10.0 Å². The molecule has 13 heavy (non-hydrogen) atoms. The zero-order valence-electron chi connectivity index (χ0n) is 7.06. The monoisotopic (exact) mass is 199 g/mol. The first-order chi connectivity index (χ1) is 6.08. The number of hydrogen-bond donors (Lipinski definition) is 1. The van der Waals surface area contributed by atoms with E-state index in [9.17, 15) is 8.42 Å². The Morgan fingerprint density at radius 1 is 1.77 bits per heavy atom. The van der Waals surface area contributed by atoms with E-state index >= 15 is 0 Å². The summed E-state index contributed by atoms with van der Waals surface area (Å²) in [5.74, 6) is 2.19. The van der Waals surface area contributed by atoms with Crippen LogP contribution >= 0.6 is 0 Å². The topological polar surface area (TPSA) is 64.0 Å². The number of nitrogens with one attached hydrogen (secondary N) is 1. The molecule has 1 N–H and O–H groups in total. The van der Waals surface area contributed by atoms with Crippen molar-refractivity contribution in [3.8, 4) is 12.3 Å². The van der Waals surface area contributed by atoms with Crippen LogP contribution in [0, 0.1) is 12.3 Å². The lowest BCUT2D eigenvalue weighted by atomic mass is 10.7. The largest absolute Gasteiger partial charge is 0.258 e. The van der Waals surface area contributed by atoms with Gasteiger partial charge in [0.05, 0.1) is 12.7 Å². The molecule has 1 aromatic heterocycles. The third kappa shape index (κ3) is 2.08. The minimum absolute atomic E-state index is 0.0203. The summed E-state index contributed by atoms with van der Waals surface area (Å²) in [6, 6.07) is 1.40. The van der Waals surface area contributed by atoms with Crippen molar-refractivity contribution in [2.75, 3.05) is 6.54 Å². The predicted octanol–water partition coefficient (Wildman–Crippen LogP) is -0.668. The number of sulfonamides is 1. The van der Waals surface area contributed by atoms with Crippen molar-refractivity contribution >= 4 is 10.0 Å². The molecule has 0 radical (unpaired) electrons. The van der Waals surface area contributed by atoms with Gasteiger partial charge in [-0.25, -0.2) is 8.42 Å². The summed E-state index contributed by atoms with van der Waals surface area (Å²) in [5.41, 5.74) is 0. The van der Waals surface area contributed by atoms with Gasteiger partial charge in [-0.2, -0.15) is 9.82 Å². The van der Waals surface area contributed by atoms with Gasteiger partial charge in [-0.15, -0.1) is 6.42 Å². The van der Waals surface area contributed by atoms with Gasteiger partial charge in [-0.1, -0.05) is 5.92 Å². The molecule has 1 rings (SSSR count). The Morgan fingerprint density at radius 2 is 2.46 bits per heavy atom. The molecule has 1 aromatic rings. The van der Waals surface area contributed by atoms with E-state index in [1.54, 1.807) is 7.05 Å². The molecule has 70 valence electrons. The number of terminal acetylenes is 1. The van der Waals surface area contributed by atoms with E-state index in [0.717, 1.165) is 0 Å². The Kier molecular flexibility index (Phi) is 2.70. The number of aryl methyl sites for hydroxylation is 1. The van der Waals surface area contributed by atoms with Crippen molar-refractivity contribution < 1.29 is 8.42 Å². The first kappa shape index (κ1) is 9.77. The number of aromatic nitrogens is 2. The van der Waals surface area contributed by atoms with Crippen molar-refractivity contribution in [3.63, 3.8) is 0 Å². The van der Waals surface area contributed by atoms with Gasteiger partial charge in [0.2, 0.25) is 0 Å². The van der Waals surface area contributed by atoms with Gasteiger partial charge in [0, 0.05) is 7.05 Å². The third-order valence-electron chi connectivity index (χ3n) is 1.42. The molecule has 0 aromatic carbocycles. The van der Waals surface area contributed by atoms with Crippen LogP contribution in [0.4, 0.5) is 0 Å². The van der Waals surface area contributed by atoms with Gasteiger partial charge >= 0.3 is 0 Å². The quantitative estimate of drug-likeness (QED) is 0.657. The highest BCUT2D eigenvalue weighted by molar-refractivity contribution is 7.89. The predicted molar refractivity (Wildman–Crippen MR) is 47.2 cm³/mol. The van der Waals surface area contributed by atoms with Crippen LogP contribution in [0.3, 0.4) is 0 Å². The lowest BCUT2D eigenvalue weighted by Gasteiger charge is -2.02. The smallest absolute Gasteiger partial charge is 0.256 e. The Morgan fingerprint density at radius 3 is 2.92 bits per heavy atom. The molecule has 0 atom stereocenters. The van der Waals surface area contributed by atoms with Crippen LogP contribution in [0.5, 0.6) is 0 Å². The van der Waals surface area contributed by atoms with Gasteiger partial charge in [-0.05, 0) is 6.07 Å². The summed E-state index contributed by atoms with van der Waals surface area (Å²) in [6.07, 6.45) is 6.33. The SMILES string of the molecule is C#CCNS(=O)(=O)c1ccnn1C. The molecule has 0 amide bonds. The van der Waals surface area contributed by atoms with Gasteiger partial charge in [0.15, 0.2) is 5.03 Å². The van der Waals surface area contributed by atoms with Crippen molar-refractivity contribution in [1.82, 2.24) is 14.5 Å². The van der Waals surface area contributed by atoms with Crippen molar-refractivity contribution in [2.24, 2.45) is 7.05 Å². The molecule has 0 aliphatic heterocycles. The second-order valence-electron chi connectivity index (χ2n) is 2.32. The third-order valence-corrected chi connectivity index (χ3v) is 2.89. The van der Waals surface area contributed by atoms with Crippen molar-refractivity contribution in [1.29, 1.82) is 0 Å². The molecule has 0 bridgehead atoms. The maximum Gasteiger partial charge on any atom is 0.258 e. The fourth-order valence-electron chi connectivity index (χ4n) is 0.836. The van der Waals surface area contributed by atoms with Gasteiger partial charge in [0.1, 0.15) is 0 Å². The standard InChI is InChI=1S/C7H9N3O2S/c1-3-5-9-13(11,12)7-4-6-8-10(7)2/h1,4,6,9H,5H2,2H3. The summed E-state index contributed by atoms with van der Waals surface area (Å²) in [6.45, 7) is -0.0203. The molecule has 0 spiro atoms. The van der Waals surface area contributed by atoms with Gasteiger partial charge in [-0.3, -0.25) is 4.68 Å². The van der Waals surface area contributed by atoms with Crippen molar-refractivity contribution in [3.05, 3.63) is 12.3 Å². The molecule has 6 heteroatoms. The van der Waals surface area contributed by atoms with Crippen LogP contribution in [0.25, 0.3) is 0 Å². The number of nitrogens with zero attached hydrogens (tertiary/aromatic N) is 2. The molecule has 0 aliphatic carbocycles. The molecule has 0 fully saturated rings. The molecule has 0 unspecified atom stereocenters. The van der Waals surface area contributed by atoms with E-state index < -0.39 is 10.0 Å². The van der Waals surface area contributed by atoms with Crippen LogP contribution in [0.2, 0.25) is 0 Å². The molecular weight excluding hydrogens is 190 g/mol. The van der Waals surface area contributed by atoms with E-state index in [0.29, 0.717) is 0 Å². The molecule has 0 saturated carbocycles. The summed E-state index contributed by atoms with van der Waals surface area (Å²) < 4.78 is 26.3. The first-order valence-electron chi connectivity index (χ1n) is 3.49. The second-order valence-corrected chi connectivity index (χ2v) is 4.04. The Balaban J connectivity index is 2.96. The van der Waals surface area contributed by atoms with Crippen LogP contribution in [0.15, 0.2) is 17.3 Å². The van der Waals surface area contributed by atoms with Crippen LogP contribution in [-0.2, 0) is 17.1 Å². The summed E-state index contributed by atoms with van der Waals surface area (Å²) in [4.78, 5) is 0. The van der Waals surface area contributed by atoms with E-state index in [1.807, 2.05) is 0 Å².